The van der Waals surface area contributed by atoms with Crippen molar-refractivity contribution in [2.45, 2.75) is 25.4 Å². The van der Waals surface area contributed by atoms with Crippen molar-refractivity contribution in [2.24, 2.45) is 0 Å². The van der Waals surface area contributed by atoms with Gasteiger partial charge >= 0.3 is 0 Å². The van der Waals surface area contributed by atoms with E-state index in [9.17, 15) is 0 Å². The maximum Gasteiger partial charge on any atom is 0.174 e. The number of nitrogens with one attached hydrogen (secondary N) is 1. The number of furan rings is 1. The lowest BCUT2D eigenvalue weighted by Gasteiger charge is -2.26. The van der Waals surface area contributed by atoms with Gasteiger partial charge in [-0.25, -0.2) is 0 Å². The molecule has 0 saturated carbocycles. The number of rotatable bonds is 5. The normalized spacial score (nSPS) is 18.2. The van der Waals surface area contributed by atoms with Crippen molar-refractivity contribution in [3.63, 3.8) is 0 Å². The smallest absolute Gasteiger partial charge is 0.174 e. The zero-order valence-electron chi connectivity index (χ0n) is 17.2. The van der Waals surface area contributed by atoms with Crippen LogP contribution < -0.4 is 10.2 Å². The first-order valence-corrected chi connectivity index (χ1v) is 10.9. The van der Waals surface area contributed by atoms with E-state index in [1.807, 2.05) is 54.7 Å². The van der Waals surface area contributed by atoms with Crippen molar-refractivity contribution in [2.75, 3.05) is 4.90 Å². The Kier molecular flexibility index (Phi) is 5.26. The van der Waals surface area contributed by atoms with Crippen LogP contribution in [0.5, 0.6) is 0 Å². The van der Waals surface area contributed by atoms with Gasteiger partial charge in [-0.3, -0.25) is 4.98 Å². The van der Waals surface area contributed by atoms with E-state index in [4.69, 9.17) is 16.6 Å². The lowest BCUT2D eigenvalue weighted by Crippen LogP contribution is -2.29. The fourth-order valence-electron chi connectivity index (χ4n) is 4.08. The average Bonchev–Trinajstić information content (AvgIpc) is 3.45. The third-order valence-electron chi connectivity index (χ3n) is 5.70. The molecule has 0 spiro atoms. The summed E-state index contributed by atoms with van der Waals surface area (Å²) in [7, 11) is 0. The quantitative estimate of drug-likeness (QED) is 0.392. The molecule has 0 aliphatic carbocycles. The van der Waals surface area contributed by atoms with Gasteiger partial charge in [0.05, 0.1) is 11.7 Å². The van der Waals surface area contributed by atoms with Gasteiger partial charge in [0.25, 0.3) is 0 Å². The number of aromatic nitrogens is 1. The number of anilines is 1. The van der Waals surface area contributed by atoms with E-state index in [0.717, 1.165) is 34.9 Å². The molecule has 1 N–H and O–H groups in total. The molecule has 1 saturated heterocycles. The monoisotopic (exact) mass is 425 g/mol. The molecule has 31 heavy (non-hydrogen) atoms. The van der Waals surface area contributed by atoms with Crippen molar-refractivity contribution in [3.8, 4) is 11.3 Å². The third kappa shape index (κ3) is 3.73. The number of thiocarbonyl (C=S) groups is 1. The molecule has 2 atom stereocenters. The highest BCUT2D eigenvalue weighted by Crippen LogP contribution is 2.42. The van der Waals surface area contributed by atoms with Crippen LogP contribution in [0.4, 0.5) is 5.69 Å². The fourth-order valence-corrected chi connectivity index (χ4v) is 4.43. The van der Waals surface area contributed by atoms with Gasteiger partial charge in [0.15, 0.2) is 5.11 Å². The zero-order valence-corrected chi connectivity index (χ0v) is 18.0. The van der Waals surface area contributed by atoms with Crippen LogP contribution in [0.2, 0.25) is 0 Å². The molecular formula is C26H23N3OS. The second-order valence-corrected chi connectivity index (χ2v) is 7.97. The topological polar surface area (TPSA) is 41.3 Å². The van der Waals surface area contributed by atoms with Crippen molar-refractivity contribution < 1.29 is 4.42 Å². The molecule has 3 heterocycles. The summed E-state index contributed by atoms with van der Waals surface area (Å²) in [5, 5.41) is 4.15. The van der Waals surface area contributed by atoms with Crippen molar-refractivity contribution in [1.29, 1.82) is 0 Å². The van der Waals surface area contributed by atoms with E-state index in [1.165, 1.54) is 5.56 Å². The van der Waals surface area contributed by atoms with Crippen LogP contribution in [0.25, 0.3) is 11.3 Å². The van der Waals surface area contributed by atoms with Crippen LogP contribution in [0.15, 0.2) is 95.5 Å². The predicted octanol–water partition coefficient (Wildman–Crippen LogP) is 6.08. The maximum atomic E-state index is 6.38. The van der Waals surface area contributed by atoms with Gasteiger partial charge in [-0.05, 0) is 60.6 Å². The minimum absolute atomic E-state index is 0.116. The van der Waals surface area contributed by atoms with Gasteiger partial charge in [0.2, 0.25) is 0 Å². The van der Waals surface area contributed by atoms with Crippen molar-refractivity contribution >= 4 is 23.0 Å². The molecule has 0 bridgehead atoms. The first-order valence-electron chi connectivity index (χ1n) is 10.5. The highest BCUT2D eigenvalue weighted by molar-refractivity contribution is 7.80. The number of nitrogens with zero attached hydrogens (tertiary/aromatic N) is 2. The molecular weight excluding hydrogens is 402 g/mol. The Morgan fingerprint density at radius 2 is 1.71 bits per heavy atom. The van der Waals surface area contributed by atoms with Crippen LogP contribution in [-0.4, -0.2) is 10.1 Å². The summed E-state index contributed by atoms with van der Waals surface area (Å²) >= 11 is 5.78. The van der Waals surface area contributed by atoms with E-state index in [-0.39, 0.29) is 12.1 Å². The molecule has 0 radical (unpaired) electrons. The minimum atomic E-state index is -0.146. The van der Waals surface area contributed by atoms with Gasteiger partial charge in [0, 0.05) is 17.4 Å². The Hall–Kier alpha value is -3.44. The highest BCUT2D eigenvalue weighted by atomic mass is 32.1. The van der Waals surface area contributed by atoms with E-state index in [1.54, 1.807) is 0 Å². The molecule has 2 aromatic heterocycles. The summed E-state index contributed by atoms with van der Waals surface area (Å²) in [6.07, 6.45) is 2.81. The fraction of sp³-hybridized carbons (Fsp3) is 0.154. The highest BCUT2D eigenvalue weighted by Gasteiger charge is 2.42. The lowest BCUT2D eigenvalue weighted by atomic mass is 10.0. The Morgan fingerprint density at radius 1 is 0.935 bits per heavy atom. The Bertz CT molecular complexity index is 1170. The second kappa shape index (κ2) is 8.36. The number of aryl methyl sites for hydroxylation is 1. The van der Waals surface area contributed by atoms with Gasteiger partial charge in [-0.15, -0.1) is 0 Å². The predicted molar refractivity (Wildman–Crippen MR) is 128 cm³/mol. The van der Waals surface area contributed by atoms with Gasteiger partial charge in [-0.1, -0.05) is 55.5 Å². The van der Waals surface area contributed by atoms with Crippen LogP contribution in [0.1, 0.15) is 36.0 Å². The molecule has 1 aliphatic rings. The van der Waals surface area contributed by atoms with E-state index in [0.29, 0.717) is 5.11 Å². The summed E-state index contributed by atoms with van der Waals surface area (Å²) in [6, 6.07) is 28.5. The SMILES string of the molecule is CCc1ccc(N2C(=S)N[C@@H](c3ccccn3)[C@H]2c2ccc(-c3ccccc3)o2)cc1. The second-order valence-electron chi connectivity index (χ2n) is 7.58. The van der Waals surface area contributed by atoms with Crippen molar-refractivity contribution in [1.82, 2.24) is 10.3 Å². The third-order valence-corrected chi connectivity index (χ3v) is 6.01. The van der Waals surface area contributed by atoms with Crippen molar-refractivity contribution in [3.05, 3.63) is 108 Å². The Morgan fingerprint density at radius 3 is 2.42 bits per heavy atom. The number of benzene rings is 2. The Labute approximate surface area is 187 Å². The van der Waals surface area contributed by atoms with E-state index in [2.05, 4.69) is 58.5 Å². The first kappa shape index (κ1) is 19.5. The summed E-state index contributed by atoms with van der Waals surface area (Å²) in [4.78, 5) is 6.74. The number of hydrogen-bond donors (Lipinski definition) is 1. The molecule has 1 fully saturated rings. The summed E-state index contributed by atoms with van der Waals surface area (Å²) in [5.41, 5.74) is 4.32. The maximum absolute atomic E-state index is 6.38. The van der Waals surface area contributed by atoms with Gasteiger partial charge in [-0.2, -0.15) is 0 Å². The Balaban J connectivity index is 1.58. The van der Waals surface area contributed by atoms with Crippen LogP contribution in [0.3, 0.4) is 0 Å². The molecule has 5 rings (SSSR count). The van der Waals surface area contributed by atoms with E-state index >= 15 is 0 Å². The number of pyridine rings is 1. The molecule has 1 aliphatic heterocycles. The van der Waals surface area contributed by atoms with Crippen LogP contribution in [0, 0.1) is 0 Å². The molecule has 4 nitrogen and oxygen atoms in total. The average molecular weight is 426 g/mol. The molecule has 4 aromatic rings. The minimum Gasteiger partial charge on any atom is -0.459 e. The van der Waals surface area contributed by atoms with E-state index < -0.39 is 0 Å². The first-order chi connectivity index (χ1) is 15.2. The van der Waals surface area contributed by atoms with Gasteiger partial charge < -0.3 is 14.6 Å². The molecule has 5 heteroatoms. The lowest BCUT2D eigenvalue weighted by molar-refractivity contribution is 0.439. The van der Waals surface area contributed by atoms with Gasteiger partial charge in [0.1, 0.15) is 17.6 Å². The van der Waals surface area contributed by atoms with Crippen LogP contribution in [-0.2, 0) is 6.42 Å². The molecule has 0 amide bonds. The molecule has 0 unspecified atom stereocenters. The zero-order chi connectivity index (χ0) is 21.2. The largest absolute Gasteiger partial charge is 0.459 e. The number of hydrogen-bond acceptors (Lipinski definition) is 3. The molecule has 154 valence electrons. The molecule has 2 aromatic carbocycles. The summed E-state index contributed by atoms with van der Waals surface area (Å²) in [5.74, 6) is 1.69. The standard InChI is InChI=1S/C26H23N3OS/c1-2-18-11-13-20(14-12-18)29-25(24(28-26(29)31)21-10-6-7-17-27-21)23-16-15-22(30-23)19-8-4-3-5-9-19/h3-17,24-25H,2H2,1H3,(H,28,31)/t24-,25+/m0/s1. The summed E-state index contributed by atoms with van der Waals surface area (Å²) in [6.45, 7) is 2.16. The summed E-state index contributed by atoms with van der Waals surface area (Å²) < 4.78 is 6.38. The van der Waals surface area contributed by atoms with Crippen LogP contribution >= 0.6 is 12.2 Å².